The number of hydroxylamine groups is 1. The summed E-state index contributed by atoms with van der Waals surface area (Å²) in [7, 11) is 0. The number of carbonyl (C=O) groups excluding carboxylic acids is 1. The topological polar surface area (TPSA) is 38.3 Å². The molecule has 9 heavy (non-hydrogen) atoms. The Labute approximate surface area is 53.3 Å². The molecule has 1 aliphatic heterocycles. The van der Waals surface area contributed by atoms with Gasteiger partial charge in [-0.05, 0) is 19.3 Å². The summed E-state index contributed by atoms with van der Waals surface area (Å²) in [6.07, 6.45) is 3.39. The monoisotopic (exact) mass is 127 g/mol. The van der Waals surface area contributed by atoms with Gasteiger partial charge < -0.3 is 0 Å². The number of rotatable bonds is 0. The van der Waals surface area contributed by atoms with Crippen molar-refractivity contribution in [3.05, 3.63) is 0 Å². The van der Waals surface area contributed by atoms with Crippen molar-refractivity contribution in [1.29, 1.82) is 0 Å². The second-order valence-corrected chi connectivity index (χ2v) is 2.66. The van der Waals surface area contributed by atoms with Gasteiger partial charge in [-0.3, -0.25) is 9.63 Å². The number of fused-ring (bicyclic) bond motifs is 1. The molecule has 0 aromatic rings. The van der Waals surface area contributed by atoms with Crippen molar-refractivity contribution in [3.8, 4) is 0 Å². The number of nitrogens with one attached hydrogen (secondary N) is 1. The normalized spacial score (nSPS) is 40.7. The van der Waals surface area contributed by atoms with Crippen molar-refractivity contribution < 1.29 is 9.63 Å². The van der Waals surface area contributed by atoms with E-state index in [1.54, 1.807) is 0 Å². The Morgan fingerprint density at radius 2 is 2.44 bits per heavy atom. The van der Waals surface area contributed by atoms with E-state index in [1.807, 2.05) is 0 Å². The van der Waals surface area contributed by atoms with Gasteiger partial charge >= 0.3 is 0 Å². The largest absolute Gasteiger partial charge is 0.272 e. The second kappa shape index (κ2) is 1.70. The summed E-state index contributed by atoms with van der Waals surface area (Å²) in [4.78, 5) is 15.8. The van der Waals surface area contributed by atoms with Crippen molar-refractivity contribution in [2.24, 2.45) is 5.92 Å². The molecule has 2 atom stereocenters. The molecule has 1 saturated carbocycles. The van der Waals surface area contributed by atoms with Gasteiger partial charge in [-0.25, -0.2) is 5.48 Å². The zero-order chi connectivity index (χ0) is 6.27. The molecule has 1 amide bonds. The molecule has 2 aliphatic rings. The van der Waals surface area contributed by atoms with Crippen LogP contribution in [-0.4, -0.2) is 12.0 Å². The molecule has 1 aliphatic carbocycles. The lowest BCUT2D eigenvalue weighted by atomic mass is 10.1. The van der Waals surface area contributed by atoms with Crippen LogP contribution < -0.4 is 5.48 Å². The predicted octanol–water partition coefficient (Wildman–Crippen LogP) is 0.216. The third kappa shape index (κ3) is 0.645. The van der Waals surface area contributed by atoms with E-state index < -0.39 is 0 Å². The van der Waals surface area contributed by atoms with E-state index in [4.69, 9.17) is 4.84 Å². The van der Waals surface area contributed by atoms with E-state index in [0.29, 0.717) is 0 Å². The van der Waals surface area contributed by atoms with Gasteiger partial charge in [-0.1, -0.05) is 0 Å². The summed E-state index contributed by atoms with van der Waals surface area (Å²) in [6.45, 7) is 0. The fourth-order valence-corrected chi connectivity index (χ4v) is 1.58. The van der Waals surface area contributed by atoms with E-state index in [-0.39, 0.29) is 17.9 Å². The van der Waals surface area contributed by atoms with Gasteiger partial charge in [0.2, 0.25) is 5.91 Å². The predicted molar refractivity (Wildman–Crippen MR) is 30.4 cm³/mol. The SMILES string of the molecule is O=C1NOC2CCCC12. The summed E-state index contributed by atoms with van der Waals surface area (Å²) in [5.41, 5.74) is 2.38. The molecule has 0 aromatic heterocycles. The Morgan fingerprint density at radius 3 is 3.22 bits per heavy atom. The Kier molecular flexibility index (Phi) is 0.990. The lowest BCUT2D eigenvalue weighted by Gasteiger charge is -1.99. The van der Waals surface area contributed by atoms with Crippen molar-refractivity contribution in [2.75, 3.05) is 0 Å². The van der Waals surface area contributed by atoms with Crippen LogP contribution in [0.15, 0.2) is 0 Å². The van der Waals surface area contributed by atoms with Crippen LogP contribution in [-0.2, 0) is 9.63 Å². The molecule has 0 aromatic carbocycles. The molecule has 2 fully saturated rings. The summed E-state index contributed by atoms with van der Waals surface area (Å²) in [5, 5.41) is 0. The van der Waals surface area contributed by atoms with Crippen LogP contribution in [0.5, 0.6) is 0 Å². The molecule has 3 heteroatoms. The zero-order valence-electron chi connectivity index (χ0n) is 5.09. The summed E-state index contributed by atoms with van der Waals surface area (Å²) in [6, 6.07) is 0. The molecule has 1 heterocycles. The second-order valence-electron chi connectivity index (χ2n) is 2.66. The maximum absolute atomic E-state index is 10.8. The van der Waals surface area contributed by atoms with Crippen LogP contribution in [0.4, 0.5) is 0 Å². The van der Waals surface area contributed by atoms with Crippen LogP contribution in [0.3, 0.4) is 0 Å². The fraction of sp³-hybridized carbons (Fsp3) is 0.833. The standard InChI is InChI=1S/C6H9NO2/c8-6-4-2-1-3-5(4)9-7-6/h4-5H,1-3H2,(H,7,8). The highest BCUT2D eigenvalue weighted by molar-refractivity contribution is 5.80. The highest BCUT2D eigenvalue weighted by atomic mass is 16.7. The van der Waals surface area contributed by atoms with Crippen LogP contribution in [0.2, 0.25) is 0 Å². The van der Waals surface area contributed by atoms with Crippen molar-refractivity contribution >= 4 is 5.91 Å². The van der Waals surface area contributed by atoms with Crippen molar-refractivity contribution in [1.82, 2.24) is 5.48 Å². The highest BCUT2D eigenvalue weighted by Gasteiger charge is 2.39. The first kappa shape index (κ1) is 5.23. The zero-order valence-corrected chi connectivity index (χ0v) is 5.09. The Morgan fingerprint density at radius 1 is 1.56 bits per heavy atom. The van der Waals surface area contributed by atoms with Gasteiger partial charge in [0.25, 0.3) is 0 Å². The van der Waals surface area contributed by atoms with E-state index in [1.165, 1.54) is 0 Å². The highest BCUT2D eigenvalue weighted by Crippen LogP contribution is 2.31. The van der Waals surface area contributed by atoms with Gasteiger partial charge in [0.1, 0.15) is 0 Å². The minimum Gasteiger partial charge on any atom is -0.272 e. The summed E-state index contributed by atoms with van der Waals surface area (Å²) < 4.78 is 0. The molecule has 1 N–H and O–H groups in total. The van der Waals surface area contributed by atoms with E-state index in [2.05, 4.69) is 5.48 Å². The number of carbonyl (C=O) groups is 1. The molecule has 50 valence electrons. The van der Waals surface area contributed by atoms with E-state index in [9.17, 15) is 4.79 Å². The van der Waals surface area contributed by atoms with Gasteiger partial charge in [0, 0.05) is 0 Å². The molecular formula is C6H9NO2. The number of hydrogen-bond donors (Lipinski definition) is 1. The Hall–Kier alpha value is -0.570. The van der Waals surface area contributed by atoms with Gasteiger partial charge in [0.05, 0.1) is 12.0 Å². The molecule has 1 saturated heterocycles. The number of hydrogen-bond acceptors (Lipinski definition) is 2. The number of amides is 1. The smallest absolute Gasteiger partial charge is 0.249 e. The first-order chi connectivity index (χ1) is 4.38. The lowest BCUT2D eigenvalue weighted by Crippen LogP contribution is -2.17. The van der Waals surface area contributed by atoms with Crippen molar-refractivity contribution in [2.45, 2.75) is 25.4 Å². The summed E-state index contributed by atoms with van der Waals surface area (Å²) >= 11 is 0. The first-order valence-corrected chi connectivity index (χ1v) is 3.33. The molecule has 3 nitrogen and oxygen atoms in total. The minimum atomic E-state index is 0.0810. The average molecular weight is 127 g/mol. The molecular weight excluding hydrogens is 118 g/mol. The molecule has 0 spiro atoms. The Bertz CT molecular complexity index is 146. The molecule has 0 radical (unpaired) electrons. The van der Waals surface area contributed by atoms with Crippen molar-refractivity contribution in [3.63, 3.8) is 0 Å². The van der Waals surface area contributed by atoms with Crippen LogP contribution in [0.25, 0.3) is 0 Å². The third-order valence-electron chi connectivity index (χ3n) is 2.10. The maximum atomic E-state index is 10.8. The average Bonchev–Trinajstić information content (AvgIpc) is 2.35. The molecule has 0 bridgehead atoms. The minimum absolute atomic E-state index is 0.0810. The van der Waals surface area contributed by atoms with Gasteiger partial charge in [-0.2, -0.15) is 0 Å². The van der Waals surface area contributed by atoms with Crippen LogP contribution in [0, 0.1) is 5.92 Å². The molecule has 2 rings (SSSR count). The van der Waals surface area contributed by atoms with E-state index in [0.717, 1.165) is 19.3 Å². The maximum Gasteiger partial charge on any atom is 0.249 e. The Balaban J connectivity index is 2.15. The van der Waals surface area contributed by atoms with Gasteiger partial charge in [0.15, 0.2) is 0 Å². The third-order valence-corrected chi connectivity index (χ3v) is 2.10. The van der Waals surface area contributed by atoms with Crippen LogP contribution in [0.1, 0.15) is 19.3 Å². The fourth-order valence-electron chi connectivity index (χ4n) is 1.58. The quantitative estimate of drug-likeness (QED) is 0.505. The summed E-state index contributed by atoms with van der Waals surface area (Å²) in [5.74, 6) is 0.252. The molecule has 2 unspecified atom stereocenters. The first-order valence-electron chi connectivity index (χ1n) is 3.33. The lowest BCUT2D eigenvalue weighted by molar-refractivity contribution is -0.126. The van der Waals surface area contributed by atoms with Gasteiger partial charge in [-0.15, -0.1) is 0 Å². The van der Waals surface area contributed by atoms with E-state index >= 15 is 0 Å². The van der Waals surface area contributed by atoms with Crippen LogP contribution >= 0.6 is 0 Å².